The minimum atomic E-state index is -1.56. The maximum Gasteiger partial charge on any atom is 0.191 e. The summed E-state index contributed by atoms with van der Waals surface area (Å²) in [5.74, 6) is 0. The highest BCUT2D eigenvalue weighted by Gasteiger charge is 2.36. The molecule has 0 N–H and O–H groups in total. The van der Waals surface area contributed by atoms with Gasteiger partial charge in [0, 0.05) is 6.61 Å². The molecule has 118 valence electrons. The second kappa shape index (κ2) is 8.50. The Morgan fingerprint density at radius 1 is 1.10 bits per heavy atom. The predicted molar refractivity (Wildman–Crippen MR) is 95.6 cm³/mol. The van der Waals surface area contributed by atoms with Gasteiger partial charge < -0.3 is 4.43 Å². The van der Waals surface area contributed by atoms with Crippen LogP contribution in [0.15, 0.2) is 35.3 Å². The summed E-state index contributed by atoms with van der Waals surface area (Å²) < 4.78 is 6.16. The lowest BCUT2D eigenvalue weighted by Crippen LogP contribution is -2.40. The van der Waals surface area contributed by atoms with E-state index in [1.165, 1.54) is 5.56 Å². The van der Waals surface area contributed by atoms with Crippen LogP contribution in [-0.2, 0) is 11.0 Å². The number of rotatable bonds is 8. The molecular weight excluding hydrogens is 274 g/mol. The average molecular weight is 306 g/mol. The Hall–Kier alpha value is -0.933. The van der Waals surface area contributed by atoms with Gasteiger partial charge in [0.2, 0.25) is 0 Å². The normalized spacial score (nSPS) is 13.0. The van der Waals surface area contributed by atoms with Gasteiger partial charge in [0.1, 0.15) is 0 Å². The Kier molecular flexibility index (Phi) is 7.33. The van der Waals surface area contributed by atoms with Crippen LogP contribution in [-0.4, -0.2) is 21.1 Å². The standard InChI is InChI=1S/C18H31NOSi/c1-18(2,3)21(4,5)20-15-11-7-10-14-19-16-17-12-8-6-9-13-17/h6,8-9,12-14H,7,10-11,15-16H2,1-5H3. The molecule has 0 radical (unpaired) electrons. The van der Waals surface area contributed by atoms with Gasteiger partial charge in [-0.1, -0.05) is 51.1 Å². The first-order valence-electron chi connectivity index (χ1n) is 7.99. The number of aliphatic imine (C=N–C) groups is 1. The highest BCUT2D eigenvalue weighted by Crippen LogP contribution is 2.36. The fourth-order valence-electron chi connectivity index (χ4n) is 1.73. The Morgan fingerprint density at radius 2 is 1.76 bits per heavy atom. The van der Waals surface area contributed by atoms with Crippen LogP contribution in [0.3, 0.4) is 0 Å². The van der Waals surface area contributed by atoms with Crippen LogP contribution in [0.5, 0.6) is 0 Å². The van der Waals surface area contributed by atoms with Crippen LogP contribution in [0, 0.1) is 0 Å². The van der Waals surface area contributed by atoms with Gasteiger partial charge in [-0.2, -0.15) is 0 Å². The molecule has 0 aliphatic carbocycles. The molecule has 1 aromatic carbocycles. The van der Waals surface area contributed by atoms with Crippen molar-refractivity contribution in [2.24, 2.45) is 4.99 Å². The van der Waals surface area contributed by atoms with E-state index in [2.05, 4.69) is 69.3 Å². The van der Waals surface area contributed by atoms with Crippen molar-refractivity contribution in [3.05, 3.63) is 35.9 Å². The van der Waals surface area contributed by atoms with Crippen LogP contribution in [0.2, 0.25) is 18.1 Å². The molecule has 1 rings (SSSR count). The minimum Gasteiger partial charge on any atom is -0.417 e. The molecule has 0 fully saturated rings. The molecule has 0 aromatic heterocycles. The third-order valence-corrected chi connectivity index (χ3v) is 8.78. The van der Waals surface area contributed by atoms with Gasteiger partial charge in [-0.25, -0.2) is 0 Å². The lowest BCUT2D eigenvalue weighted by atomic mass is 10.2. The maximum atomic E-state index is 6.16. The molecule has 0 bridgehead atoms. The van der Waals surface area contributed by atoms with E-state index in [4.69, 9.17) is 4.43 Å². The Balaban J connectivity index is 2.10. The first kappa shape index (κ1) is 18.1. The van der Waals surface area contributed by atoms with E-state index < -0.39 is 8.32 Å². The lowest BCUT2D eigenvalue weighted by molar-refractivity contribution is 0.280. The molecular formula is C18H31NOSi. The van der Waals surface area contributed by atoms with Gasteiger partial charge in [0.25, 0.3) is 0 Å². The van der Waals surface area contributed by atoms with Crippen molar-refractivity contribution in [1.29, 1.82) is 0 Å². The number of hydrogen-bond donors (Lipinski definition) is 0. The number of benzene rings is 1. The summed E-state index contributed by atoms with van der Waals surface area (Å²) >= 11 is 0. The zero-order valence-corrected chi connectivity index (χ0v) is 15.4. The van der Waals surface area contributed by atoms with Gasteiger partial charge in [-0.05, 0) is 49.2 Å². The fraction of sp³-hybridized carbons (Fsp3) is 0.611. The van der Waals surface area contributed by atoms with Crippen molar-refractivity contribution in [1.82, 2.24) is 0 Å². The summed E-state index contributed by atoms with van der Waals surface area (Å²) in [6.45, 7) is 13.2. The summed E-state index contributed by atoms with van der Waals surface area (Å²) in [5, 5.41) is 0.310. The smallest absolute Gasteiger partial charge is 0.191 e. The van der Waals surface area contributed by atoms with Crippen molar-refractivity contribution >= 4 is 14.5 Å². The Labute approximate surface area is 131 Å². The lowest BCUT2D eigenvalue weighted by Gasteiger charge is -2.36. The molecule has 0 heterocycles. The summed E-state index contributed by atoms with van der Waals surface area (Å²) in [4.78, 5) is 4.47. The first-order chi connectivity index (χ1) is 9.83. The third-order valence-electron chi connectivity index (χ3n) is 4.24. The molecule has 0 aliphatic rings. The molecule has 1 aromatic rings. The van der Waals surface area contributed by atoms with Crippen LogP contribution in [0.25, 0.3) is 0 Å². The summed E-state index contributed by atoms with van der Waals surface area (Å²) in [6, 6.07) is 10.4. The predicted octanol–water partition coefficient (Wildman–Crippen LogP) is 5.45. The van der Waals surface area contributed by atoms with E-state index in [9.17, 15) is 0 Å². The molecule has 0 amide bonds. The summed E-state index contributed by atoms with van der Waals surface area (Å²) in [7, 11) is -1.56. The monoisotopic (exact) mass is 305 g/mol. The van der Waals surface area contributed by atoms with Gasteiger partial charge >= 0.3 is 0 Å². The van der Waals surface area contributed by atoms with E-state index in [-0.39, 0.29) is 0 Å². The Morgan fingerprint density at radius 3 is 2.38 bits per heavy atom. The molecule has 2 nitrogen and oxygen atoms in total. The van der Waals surface area contributed by atoms with Gasteiger partial charge in [0.15, 0.2) is 8.32 Å². The highest BCUT2D eigenvalue weighted by molar-refractivity contribution is 6.74. The average Bonchev–Trinajstić information content (AvgIpc) is 2.41. The molecule has 0 saturated carbocycles. The van der Waals surface area contributed by atoms with E-state index in [1.54, 1.807) is 0 Å². The van der Waals surface area contributed by atoms with E-state index in [0.717, 1.165) is 32.4 Å². The molecule has 3 heteroatoms. The van der Waals surface area contributed by atoms with Gasteiger partial charge in [-0.15, -0.1) is 0 Å². The molecule has 0 unspecified atom stereocenters. The quantitative estimate of drug-likeness (QED) is 0.355. The largest absolute Gasteiger partial charge is 0.417 e. The van der Waals surface area contributed by atoms with Crippen molar-refractivity contribution in [3.63, 3.8) is 0 Å². The fourth-order valence-corrected chi connectivity index (χ4v) is 2.81. The summed E-state index contributed by atoms with van der Waals surface area (Å²) in [6.07, 6.45) is 5.39. The first-order valence-corrected chi connectivity index (χ1v) is 10.9. The number of hydrogen-bond acceptors (Lipinski definition) is 2. The van der Waals surface area contributed by atoms with Crippen LogP contribution < -0.4 is 0 Å². The van der Waals surface area contributed by atoms with E-state index in [0.29, 0.717) is 5.04 Å². The summed E-state index contributed by atoms with van der Waals surface area (Å²) in [5.41, 5.74) is 1.27. The topological polar surface area (TPSA) is 21.6 Å². The number of nitrogens with zero attached hydrogens (tertiary/aromatic N) is 1. The van der Waals surface area contributed by atoms with Crippen molar-refractivity contribution in [2.45, 2.75) is 64.7 Å². The second-order valence-corrected chi connectivity index (χ2v) is 11.9. The zero-order chi connectivity index (χ0) is 15.8. The van der Waals surface area contributed by atoms with Crippen molar-refractivity contribution < 1.29 is 4.43 Å². The zero-order valence-electron chi connectivity index (χ0n) is 14.4. The molecule has 21 heavy (non-hydrogen) atoms. The molecule has 0 aliphatic heterocycles. The molecule has 0 saturated heterocycles. The minimum absolute atomic E-state index is 0.310. The van der Waals surface area contributed by atoms with Crippen LogP contribution in [0.4, 0.5) is 0 Å². The maximum absolute atomic E-state index is 6.16. The van der Waals surface area contributed by atoms with Gasteiger partial charge in [0.05, 0.1) is 6.54 Å². The third kappa shape index (κ3) is 7.05. The van der Waals surface area contributed by atoms with E-state index in [1.807, 2.05) is 6.07 Å². The van der Waals surface area contributed by atoms with Crippen LogP contribution >= 0.6 is 0 Å². The molecule has 0 atom stereocenters. The SMILES string of the molecule is CC(C)(C)[Si](C)(C)OCCCCC=NCc1ccccc1. The van der Waals surface area contributed by atoms with E-state index >= 15 is 0 Å². The highest BCUT2D eigenvalue weighted by atomic mass is 28.4. The van der Waals surface area contributed by atoms with Crippen LogP contribution in [0.1, 0.15) is 45.6 Å². The second-order valence-electron chi connectivity index (χ2n) is 7.11. The van der Waals surface area contributed by atoms with Crippen molar-refractivity contribution in [3.8, 4) is 0 Å². The van der Waals surface area contributed by atoms with Gasteiger partial charge in [-0.3, -0.25) is 4.99 Å². The van der Waals surface area contributed by atoms with Crippen molar-refractivity contribution in [2.75, 3.05) is 6.61 Å². The Bertz CT molecular complexity index is 421. The number of unbranched alkanes of at least 4 members (excludes halogenated alkanes) is 2. The molecule has 0 spiro atoms.